The molecule has 15 heavy (non-hydrogen) atoms. The average molecular weight is 214 g/mol. The molecule has 0 saturated carbocycles. The van der Waals surface area contributed by atoms with E-state index in [0.717, 1.165) is 13.1 Å². The fraction of sp³-hybridized carbons (Fsp3) is 0.900. The van der Waals surface area contributed by atoms with Gasteiger partial charge in [-0.3, -0.25) is 0 Å². The molecule has 1 fully saturated rings. The molecular weight excluding hydrogens is 192 g/mol. The number of likely N-dealkylation sites (tertiary alicyclic amines) is 1. The molecule has 1 heterocycles. The molecule has 5 nitrogen and oxygen atoms in total. The number of carbonyl (C=O) groups excluding carboxylic acids is 1. The molecular formula is C10H22N4O. The van der Waals surface area contributed by atoms with Crippen LogP contribution >= 0.6 is 0 Å². The van der Waals surface area contributed by atoms with Crippen LogP contribution in [-0.4, -0.2) is 50.2 Å². The summed E-state index contributed by atoms with van der Waals surface area (Å²) in [5.41, 5.74) is 4.97. The Morgan fingerprint density at radius 3 is 2.93 bits per heavy atom. The fourth-order valence-corrected chi connectivity index (χ4v) is 1.91. The zero-order chi connectivity index (χ0) is 11.1. The summed E-state index contributed by atoms with van der Waals surface area (Å²) in [4.78, 5) is 12.8. The highest BCUT2D eigenvalue weighted by Gasteiger charge is 2.13. The SMILES string of the molecule is CN1CCCC(NCCNC(N)=O)CC1. The van der Waals surface area contributed by atoms with Gasteiger partial charge in [-0.25, -0.2) is 4.79 Å². The third-order valence-corrected chi connectivity index (χ3v) is 2.81. The second kappa shape index (κ2) is 6.63. The normalized spacial score (nSPS) is 23.4. The number of amides is 2. The molecule has 0 spiro atoms. The second-order valence-corrected chi connectivity index (χ2v) is 4.18. The van der Waals surface area contributed by atoms with Gasteiger partial charge in [0, 0.05) is 19.1 Å². The maximum Gasteiger partial charge on any atom is 0.312 e. The van der Waals surface area contributed by atoms with E-state index in [0.29, 0.717) is 12.6 Å². The molecule has 1 saturated heterocycles. The van der Waals surface area contributed by atoms with Crippen LogP contribution in [0.3, 0.4) is 0 Å². The third kappa shape index (κ3) is 5.59. The van der Waals surface area contributed by atoms with Crippen LogP contribution in [-0.2, 0) is 0 Å². The number of urea groups is 1. The largest absolute Gasteiger partial charge is 0.352 e. The fourth-order valence-electron chi connectivity index (χ4n) is 1.91. The van der Waals surface area contributed by atoms with E-state index in [1.54, 1.807) is 0 Å². The molecule has 1 atom stereocenters. The van der Waals surface area contributed by atoms with Crippen LogP contribution in [0.25, 0.3) is 0 Å². The van der Waals surface area contributed by atoms with E-state index in [1.807, 2.05) is 0 Å². The van der Waals surface area contributed by atoms with Crippen molar-refractivity contribution >= 4 is 6.03 Å². The van der Waals surface area contributed by atoms with Crippen LogP contribution < -0.4 is 16.4 Å². The van der Waals surface area contributed by atoms with Crippen LogP contribution in [0.15, 0.2) is 0 Å². The molecule has 1 aliphatic rings. The van der Waals surface area contributed by atoms with E-state index >= 15 is 0 Å². The Kier molecular flexibility index (Phi) is 5.42. The topological polar surface area (TPSA) is 70.4 Å². The van der Waals surface area contributed by atoms with E-state index in [2.05, 4.69) is 22.6 Å². The van der Waals surface area contributed by atoms with Crippen LogP contribution in [0.2, 0.25) is 0 Å². The van der Waals surface area contributed by atoms with Gasteiger partial charge < -0.3 is 21.3 Å². The van der Waals surface area contributed by atoms with Gasteiger partial charge in [0.25, 0.3) is 0 Å². The van der Waals surface area contributed by atoms with E-state index < -0.39 is 6.03 Å². The van der Waals surface area contributed by atoms with Crippen molar-refractivity contribution in [3.05, 3.63) is 0 Å². The van der Waals surface area contributed by atoms with Crippen molar-refractivity contribution in [3.63, 3.8) is 0 Å². The molecule has 1 rings (SSSR count). The predicted molar refractivity (Wildman–Crippen MR) is 60.7 cm³/mol. The Morgan fingerprint density at radius 2 is 2.20 bits per heavy atom. The summed E-state index contributed by atoms with van der Waals surface area (Å²) < 4.78 is 0. The Bertz CT molecular complexity index is 198. The van der Waals surface area contributed by atoms with Crippen molar-refractivity contribution in [2.75, 3.05) is 33.2 Å². The van der Waals surface area contributed by atoms with Crippen molar-refractivity contribution in [3.8, 4) is 0 Å². The molecule has 1 unspecified atom stereocenters. The van der Waals surface area contributed by atoms with Gasteiger partial charge in [-0.15, -0.1) is 0 Å². The zero-order valence-electron chi connectivity index (χ0n) is 9.46. The lowest BCUT2D eigenvalue weighted by Crippen LogP contribution is -2.39. The molecule has 0 aromatic carbocycles. The first kappa shape index (κ1) is 12.3. The van der Waals surface area contributed by atoms with Gasteiger partial charge in [0.2, 0.25) is 0 Å². The summed E-state index contributed by atoms with van der Waals surface area (Å²) in [6, 6.07) is 0.141. The van der Waals surface area contributed by atoms with Gasteiger partial charge in [-0.1, -0.05) is 0 Å². The maximum atomic E-state index is 10.4. The Balaban J connectivity index is 2.07. The number of hydrogen-bond acceptors (Lipinski definition) is 3. The standard InChI is InChI=1S/C10H22N4O/c1-14-7-2-3-9(4-8-14)12-5-6-13-10(11)15/h9,12H,2-8H2,1H3,(H3,11,13,15). The Hall–Kier alpha value is -0.810. The van der Waals surface area contributed by atoms with Crippen molar-refractivity contribution < 1.29 is 4.79 Å². The predicted octanol–water partition coefficient (Wildman–Crippen LogP) is -0.271. The minimum absolute atomic E-state index is 0.447. The first-order valence-electron chi connectivity index (χ1n) is 5.63. The maximum absolute atomic E-state index is 10.4. The van der Waals surface area contributed by atoms with E-state index in [9.17, 15) is 4.79 Å². The van der Waals surface area contributed by atoms with Gasteiger partial charge in [0.15, 0.2) is 0 Å². The summed E-state index contributed by atoms with van der Waals surface area (Å²) in [5, 5.41) is 6.02. The molecule has 0 radical (unpaired) electrons. The van der Waals surface area contributed by atoms with Gasteiger partial charge in [0.1, 0.15) is 0 Å². The van der Waals surface area contributed by atoms with E-state index in [-0.39, 0.29) is 0 Å². The van der Waals surface area contributed by atoms with Gasteiger partial charge in [-0.05, 0) is 39.4 Å². The number of rotatable bonds is 4. The molecule has 0 aromatic heterocycles. The third-order valence-electron chi connectivity index (χ3n) is 2.81. The second-order valence-electron chi connectivity index (χ2n) is 4.18. The van der Waals surface area contributed by atoms with Crippen LogP contribution in [0.1, 0.15) is 19.3 Å². The van der Waals surface area contributed by atoms with Gasteiger partial charge >= 0.3 is 6.03 Å². The summed E-state index contributed by atoms with van der Waals surface area (Å²) >= 11 is 0. The van der Waals surface area contributed by atoms with Crippen LogP contribution in [0.4, 0.5) is 4.79 Å². The molecule has 0 aliphatic carbocycles. The van der Waals surface area contributed by atoms with E-state index in [1.165, 1.54) is 25.8 Å². The first-order valence-corrected chi connectivity index (χ1v) is 5.63. The van der Waals surface area contributed by atoms with Crippen molar-refractivity contribution in [2.45, 2.75) is 25.3 Å². The minimum atomic E-state index is -0.447. The van der Waals surface area contributed by atoms with Crippen molar-refractivity contribution in [2.24, 2.45) is 5.73 Å². The smallest absolute Gasteiger partial charge is 0.312 e. The van der Waals surface area contributed by atoms with Crippen LogP contribution in [0.5, 0.6) is 0 Å². The van der Waals surface area contributed by atoms with E-state index in [4.69, 9.17) is 5.73 Å². The van der Waals surface area contributed by atoms with Crippen LogP contribution in [0, 0.1) is 0 Å². The number of primary amides is 1. The summed E-state index contributed by atoms with van der Waals surface area (Å²) in [5.74, 6) is 0. The number of nitrogens with two attached hydrogens (primary N) is 1. The van der Waals surface area contributed by atoms with Gasteiger partial charge in [0.05, 0.1) is 0 Å². The number of hydrogen-bond donors (Lipinski definition) is 3. The number of carbonyl (C=O) groups is 1. The highest BCUT2D eigenvalue weighted by molar-refractivity contribution is 5.71. The Morgan fingerprint density at radius 1 is 1.40 bits per heavy atom. The van der Waals surface area contributed by atoms with Crippen molar-refractivity contribution in [1.82, 2.24) is 15.5 Å². The lowest BCUT2D eigenvalue weighted by molar-refractivity contribution is 0.248. The lowest BCUT2D eigenvalue weighted by Gasteiger charge is -2.16. The molecule has 2 amide bonds. The monoisotopic (exact) mass is 214 g/mol. The molecule has 0 bridgehead atoms. The number of nitrogens with one attached hydrogen (secondary N) is 2. The summed E-state index contributed by atoms with van der Waals surface area (Å²) in [6.07, 6.45) is 3.66. The highest BCUT2D eigenvalue weighted by Crippen LogP contribution is 2.08. The zero-order valence-corrected chi connectivity index (χ0v) is 9.46. The minimum Gasteiger partial charge on any atom is -0.352 e. The summed E-state index contributed by atoms with van der Waals surface area (Å²) in [7, 11) is 2.16. The molecule has 5 heteroatoms. The lowest BCUT2D eigenvalue weighted by atomic mass is 10.1. The summed E-state index contributed by atoms with van der Waals surface area (Å²) in [6.45, 7) is 3.76. The van der Waals surface area contributed by atoms with Gasteiger partial charge in [-0.2, -0.15) is 0 Å². The molecule has 1 aliphatic heterocycles. The number of nitrogens with zero attached hydrogens (tertiary/aromatic N) is 1. The molecule has 4 N–H and O–H groups in total. The van der Waals surface area contributed by atoms with Crippen molar-refractivity contribution in [1.29, 1.82) is 0 Å². The molecule has 88 valence electrons. The molecule has 0 aromatic rings. The first-order chi connectivity index (χ1) is 7.18. The highest BCUT2D eigenvalue weighted by atomic mass is 16.2. The Labute approximate surface area is 91.4 Å². The quantitative estimate of drug-likeness (QED) is 0.564. The average Bonchev–Trinajstić information content (AvgIpc) is 2.38.